The van der Waals surface area contributed by atoms with E-state index in [-0.39, 0.29) is 0 Å². The van der Waals surface area contributed by atoms with Gasteiger partial charge in [-0.25, -0.2) is 9.97 Å². The van der Waals surface area contributed by atoms with E-state index in [9.17, 15) is 0 Å². The van der Waals surface area contributed by atoms with E-state index in [2.05, 4.69) is 144 Å². The average Bonchev–Trinajstić information content (AvgIpc) is 3.58. The van der Waals surface area contributed by atoms with Crippen LogP contribution >= 0.6 is 0 Å². The summed E-state index contributed by atoms with van der Waals surface area (Å²) in [5.74, 6) is 0.695. The molecule has 0 bridgehead atoms. The molecule has 2 heterocycles. The molecule has 3 heteroatoms. The molecule has 9 aromatic rings. The summed E-state index contributed by atoms with van der Waals surface area (Å²) in [4.78, 5) is 10.9. The molecule has 3 nitrogen and oxygen atoms in total. The van der Waals surface area contributed by atoms with Gasteiger partial charge in [-0.1, -0.05) is 127 Å². The highest BCUT2D eigenvalue weighted by molar-refractivity contribution is 6.30. The summed E-state index contributed by atoms with van der Waals surface area (Å²) in [5.41, 5.74) is 13.8. The minimum atomic E-state index is 0.695. The van der Waals surface area contributed by atoms with Crippen LogP contribution in [-0.4, -0.2) is 14.5 Å². The Hall–Kier alpha value is -6.06. The third-order valence-electron chi connectivity index (χ3n) is 9.88. The summed E-state index contributed by atoms with van der Waals surface area (Å²) in [6.45, 7) is 0. The van der Waals surface area contributed by atoms with Gasteiger partial charge < -0.3 is 0 Å². The molecule has 11 rings (SSSR count). The Labute approximate surface area is 258 Å². The molecule has 0 fully saturated rings. The zero-order chi connectivity index (χ0) is 29.2. The maximum Gasteiger partial charge on any atom is 0.235 e. The fourth-order valence-corrected chi connectivity index (χ4v) is 8.09. The van der Waals surface area contributed by atoms with E-state index in [4.69, 9.17) is 9.97 Å². The molecule has 2 aliphatic carbocycles. The van der Waals surface area contributed by atoms with Crippen molar-refractivity contribution in [1.29, 1.82) is 0 Å². The predicted molar refractivity (Wildman–Crippen MR) is 186 cm³/mol. The summed E-state index contributed by atoms with van der Waals surface area (Å²) < 4.78 is 2.30. The Balaban J connectivity index is 1.33. The van der Waals surface area contributed by atoms with Crippen molar-refractivity contribution in [2.24, 2.45) is 0 Å². The smallest absolute Gasteiger partial charge is 0.235 e. The topological polar surface area (TPSA) is 30.7 Å². The second kappa shape index (κ2) is 8.31. The van der Waals surface area contributed by atoms with Gasteiger partial charge in [-0.15, -0.1) is 0 Å². The summed E-state index contributed by atoms with van der Waals surface area (Å²) >= 11 is 0. The van der Waals surface area contributed by atoms with E-state index < -0.39 is 0 Å². The van der Waals surface area contributed by atoms with Crippen LogP contribution in [0.1, 0.15) is 0 Å². The lowest BCUT2D eigenvalue weighted by Crippen LogP contribution is -2.05. The lowest BCUT2D eigenvalue weighted by molar-refractivity contribution is 0.999. The van der Waals surface area contributed by atoms with Crippen LogP contribution in [0.4, 0.5) is 0 Å². The number of nitrogens with zero attached hydrogens (tertiary/aromatic N) is 3. The summed E-state index contributed by atoms with van der Waals surface area (Å²) in [7, 11) is 0. The van der Waals surface area contributed by atoms with Crippen molar-refractivity contribution >= 4 is 43.4 Å². The van der Waals surface area contributed by atoms with Crippen molar-refractivity contribution in [2.45, 2.75) is 0 Å². The van der Waals surface area contributed by atoms with Gasteiger partial charge in [0.1, 0.15) is 0 Å². The quantitative estimate of drug-likeness (QED) is 0.207. The first-order valence-corrected chi connectivity index (χ1v) is 15.4. The molecule has 0 atom stereocenters. The molecule has 0 N–H and O–H groups in total. The molecule has 0 unspecified atom stereocenters. The molecule has 0 radical (unpaired) electrons. The van der Waals surface area contributed by atoms with Crippen molar-refractivity contribution in [2.75, 3.05) is 0 Å². The second-order valence-corrected chi connectivity index (χ2v) is 12.1. The highest BCUT2D eigenvalue weighted by Gasteiger charge is 2.30. The molecule has 0 amide bonds. The van der Waals surface area contributed by atoms with Crippen molar-refractivity contribution < 1.29 is 0 Å². The molecule has 0 saturated heterocycles. The van der Waals surface area contributed by atoms with Crippen LogP contribution in [0, 0.1) is 0 Å². The first kappa shape index (κ1) is 23.4. The molecule has 45 heavy (non-hydrogen) atoms. The number of benzene rings is 7. The number of rotatable bonds is 2. The molecule has 206 valence electrons. The van der Waals surface area contributed by atoms with Gasteiger partial charge in [-0.2, -0.15) is 0 Å². The number of aromatic nitrogens is 3. The number of fused-ring (bicyclic) bond motifs is 6. The number of hydrogen-bond donors (Lipinski definition) is 0. The standard InChI is InChI=1S/C42H23N3/c1-2-10-26(11-3-1)40-38-31-19-7-12-24-13-8-20-32(35(24)31)41(38)44-42(43-40)45-33-21-9-18-30-28-16-5-4-15-27(28)29-17-6-14-25-22-23-34(45)39(36(25)29)37(30)33/h1-23H. The van der Waals surface area contributed by atoms with E-state index in [0.717, 1.165) is 33.5 Å². The molecule has 0 saturated carbocycles. The molecule has 0 aliphatic heterocycles. The predicted octanol–water partition coefficient (Wildman–Crippen LogP) is 10.8. The van der Waals surface area contributed by atoms with Crippen LogP contribution in [-0.2, 0) is 0 Å². The fraction of sp³-hybridized carbons (Fsp3) is 0. The molecule has 2 aliphatic rings. The Bertz CT molecular complexity index is 2750. The van der Waals surface area contributed by atoms with E-state index in [1.165, 1.54) is 65.7 Å². The maximum atomic E-state index is 5.47. The Kier molecular flexibility index (Phi) is 4.32. The summed E-state index contributed by atoms with van der Waals surface area (Å²) in [6, 6.07) is 50.4. The van der Waals surface area contributed by atoms with E-state index in [0.29, 0.717) is 5.95 Å². The molecule has 2 aromatic heterocycles. The molecular formula is C42H23N3. The molecule has 0 spiro atoms. The average molecular weight is 570 g/mol. The zero-order valence-corrected chi connectivity index (χ0v) is 24.1. The lowest BCUT2D eigenvalue weighted by Gasteiger charge is -2.15. The van der Waals surface area contributed by atoms with E-state index >= 15 is 0 Å². The van der Waals surface area contributed by atoms with Crippen LogP contribution in [0.5, 0.6) is 0 Å². The Morgan fingerprint density at radius 1 is 0.356 bits per heavy atom. The summed E-state index contributed by atoms with van der Waals surface area (Å²) in [6.07, 6.45) is 0. The molecular weight excluding hydrogens is 546 g/mol. The number of hydrogen-bond acceptors (Lipinski definition) is 2. The minimum absolute atomic E-state index is 0.695. The van der Waals surface area contributed by atoms with Gasteiger partial charge in [-0.3, -0.25) is 4.57 Å². The van der Waals surface area contributed by atoms with Crippen LogP contribution in [0.25, 0.3) is 105 Å². The lowest BCUT2D eigenvalue weighted by atomic mass is 9.93. The summed E-state index contributed by atoms with van der Waals surface area (Å²) in [5, 5.41) is 7.53. The van der Waals surface area contributed by atoms with Crippen molar-refractivity contribution in [3.63, 3.8) is 0 Å². The normalized spacial score (nSPS) is 12.4. The zero-order valence-electron chi connectivity index (χ0n) is 24.1. The fourth-order valence-electron chi connectivity index (χ4n) is 8.09. The van der Waals surface area contributed by atoms with E-state index in [1.54, 1.807) is 0 Å². The largest absolute Gasteiger partial charge is 0.278 e. The first-order chi connectivity index (χ1) is 22.3. The van der Waals surface area contributed by atoms with Crippen LogP contribution in [0.15, 0.2) is 140 Å². The van der Waals surface area contributed by atoms with Gasteiger partial charge in [-0.05, 0) is 61.5 Å². The SMILES string of the molecule is c1ccc(-c2nc(-n3c4cccc5c4c4c6c(cccc6ccc43)-c3ccccc3-5)nc3c2-c2cccc4cccc-3c24)cc1. The van der Waals surface area contributed by atoms with Gasteiger partial charge in [0.2, 0.25) is 5.95 Å². The van der Waals surface area contributed by atoms with Gasteiger partial charge in [0.05, 0.1) is 22.4 Å². The van der Waals surface area contributed by atoms with Crippen molar-refractivity contribution in [3.8, 4) is 61.8 Å². The third kappa shape index (κ3) is 2.90. The van der Waals surface area contributed by atoms with Crippen LogP contribution in [0.2, 0.25) is 0 Å². The highest BCUT2D eigenvalue weighted by atomic mass is 15.2. The van der Waals surface area contributed by atoms with Crippen molar-refractivity contribution in [3.05, 3.63) is 140 Å². The van der Waals surface area contributed by atoms with Gasteiger partial charge in [0, 0.05) is 27.5 Å². The Morgan fingerprint density at radius 2 is 0.933 bits per heavy atom. The minimum Gasteiger partial charge on any atom is -0.278 e. The Morgan fingerprint density at radius 3 is 1.71 bits per heavy atom. The van der Waals surface area contributed by atoms with Crippen LogP contribution < -0.4 is 0 Å². The van der Waals surface area contributed by atoms with Gasteiger partial charge in [0.25, 0.3) is 0 Å². The maximum absolute atomic E-state index is 5.47. The van der Waals surface area contributed by atoms with Gasteiger partial charge >= 0.3 is 0 Å². The van der Waals surface area contributed by atoms with E-state index in [1.807, 2.05) is 0 Å². The van der Waals surface area contributed by atoms with Crippen molar-refractivity contribution in [1.82, 2.24) is 14.5 Å². The van der Waals surface area contributed by atoms with Gasteiger partial charge in [0.15, 0.2) is 0 Å². The second-order valence-electron chi connectivity index (χ2n) is 12.1. The third-order valence-corrected chi connectivity index (χ3v) is 9.88. The molecule has 7 aromatic carbocycles. The monoisotopic (exact) mass is 569 g/mol. The van der Waals surface area contributed by atoms with Crippen LogP contribution in [0.3, 0.4) is 0 Å². The highest BCUT2D eigenvalue weighted by Crippen LogP contribution is 2.52. The first-order valence-electron chi connectivity index (χ1n) is 15.4.